The number of halogens is 3. The normalized spacial score (nSPS) is 39.8. The predicted octanol–water partition coefficient (Wildman–Crippen LogP) is 3.64. The summed E-state index contributed by atoms with van der Waals surface area (Å²) in [5.41, 5.74) is -0.814. The molecule has 4 atom stereocenters. The summed E-state index contributed by atoms with van der Waals surface area (Å²) in [6, 6.07) is -0.523. The third-order valence-corrected chi connectivity index (χ3v) is 4.95. The molecule has 0 aliphatic heterocycles. The van der Waals surface area contributed by atoms with Crippen LogP contribution in [0.4, 0.5) is 13.2 Å². The lowest BCUT2D eigenvalue weighted by Crippen LogP contribution is -2.52. The van der Waals surface area contributed by atoms with Gasteiger partial charge in [0, 0.05) is 12.6 Å². The van der Waals surface area contributed by atoms with Crippen molar-refractivity contribution in [1.82, 2.24) is 5.32 Å². The van der Waals surface area contributed by atoms with Gasteiger partial charge in [-0.05, 0) is 31.6 Å². The summed E-state index contributed by atoms with van der Waals surface area (Å²) in [6.45, 7) is 2.40. The number of rotatable bonds is 3. The van der Waals surface area contributed by atoms with Crippen molar-refractivity contribution < 1.29 is 18.3 Å². The molecule has 2 N–H and O–H groups in total. The summed E-state index contributed by atoms with van der Waals surface area (Å²) < 4.78 is 39.0. The molecule has 0 spiro atoms. The zero-order valence-corrected chi connectivity index (χ0v) is 12.2. The standard InChI is InChI=1S/C15H26F3NO/c1-11-5-4-8-14(20,9-11)10-19-13-7-3-2-6-12(13)15(16,17)18/h11-13,19-20H,2-10H2,1H3. The van der Waals surface area contributed by atoms with Gasteiger partial charge in [0.15, 0.2) is 0 Å². The molecule has 2 fully saturated rings. The maximum atomic E-state index is 13.0. The van der Waals surface area contributed by atoms with Gasteiger partial charge in [0.1, 0.15) is 0 Å². The first-order valence-corrected chi connectivity index (χ1v) is 7.83. The van der Waals surface area contributed by atoms with Crippen LogP contribution in [0.5, 0.6) is 0 Å². The molecule has 0 amide bonds. The summed E-state index contributed by atoms with van der Waals surface area (Å²) in [6.07, 6.45) is 1.63. The molecule has 2 saturated carbocycles. The Hall–Kier alpha value is -0.290. The van der Waals surface area contributed by atoms with Gasteiger partial charge < -0.3 is 10.4 Å². The molecule has 2 rings (SSSR count). The van der Waals surface area contributed by atoms with Crippen LogP contribution in [0.25, 0.3) is 0 Å². The topological polar surface area (TPSA) is 32.3 Å². The second-order valence-corrected chi connectivity index (χ2v) is 6.85. The van der Waals surface area contributed by atoms with E-state index in [1.54, 1.807) is 0 Å². The molecular formula is C15H26F3NO. The number of nitrogens with one attached hydrogen (secondary N) is 1. The first-order chi connectivity index (χ1) is 9.30. The number of hydrogen-bond donors (Lipinski definition) is 2. The largest absolute Gasteiger partial charge is 0.393 e. The van der Waals surface area contributed by atoms with E-state index in [1.807, 2.05) is 0 Å². The minimum atomic E-state index is -4.12. The highest BCUT2D eigenvalue weighted by Gasteiger charge is 2.46. The third-order valence-electron chi connectivity index (χ3n) is 4.95. The van der Waals surface area contributed by atoms with Crippen molar-refractivity contribution in [2.24, 2.45) is 11.8 Å². The lowest BCUT2D eigenvalue weighted by atomic mass is 9.78. The molecule has 4 unspecified atom stereocenters. The van der Waals surface area contributed by atoms with Crippen molar-refractivity contribution in [3.63, 3.8) is 0 Å². The van der Waals surface area contributed by atoms with Crippen molar-refractivity contribution >= 4 is 0 Å². The van der Waals surface area contributed by atoms with Crippen LogP contribution in [0.2, 0.25) is 0 Å². The summed E-state index contributed by atoms with van der Waals surface area (Å²) in [7, 11) is 0. The highest BCUT2D eigenvalue weighted by atomic mass is 19.4. The quantitative estimate of drug-likeness (QED) is 0.832. The van der Waals surface area contributed by atoms with E-state index in [-0.39, 0.29) is 6.42 Å². The maximum absolute atomic E-state index is 13.0. The molecule has 2 aliphatic carbocycles. The fraction of sp³-hybridized carbons (Fsp3) is 1.00. The molecule has 0 heterocycles. The van der Waals surface area contributed by atoms with E-state index in [0.29, 0.717) is 38.1 Å². The van der Waals surface area contributed by atoms with Crippen LogP contribution in [-0.2, 0) is 0 Å². The van der Waals surface area contributed by atoms with Crippen molar-refractivity contribution in [1.29, 1.82) is 0 Å². The van der Waals surface area contributed by atoms with Gasteiger partial charge in [0.2, 0.25) is 0 Å². The van der Waals surface area contributed by atoms with Crippen LogP contribution in [0.3, 0.4) is 0 Å². The third kappa shape index (κ3) is 4.10. The average Bonchev–Trinajstić information content (AvgIpc) is 2.35. The van der Waals surface area contributed by atoms with Gasteiger partial charge in [-0.15, -0.1) is 0 Å². The fourth-order valence-electron chi connectivity index (χ4n) is 3.88. The molecule has 0 aromatic carbocycles. The van der Waals surface area contributed by atoms with Crippen LogP contribution >= 0.6 is 0 Å². The summed E-state index contributed by atoms with van der Waals surface area (Å²) in [5, 5.41) is 13.6. The molecular weight excluding hydrogens is 267 g/mol. The van der Waals surface area contributed by atoms with Gasteiger partial charge in [-0.25, -0.2) is 0 Å². The van der Waals surface area contributed by atoms with Crippen LogP contribution in [0, 0.1) is 11.8 Å². The van der Waals surface area contributed by atoms with Gasteiger partial charge >= 0.3 is 6.18 Å². The second-order valence-electron chi connectivity index (χ2n) is 6.85. The highest BCUT2D eigenvalue weighted by molar-refractivity contribution is 4.91. The van der Waals surface area contributed by atoms with Gasteiger partial charge in [0.05, 0.1) is 11.5 Å². The lowest BCUT2D eigenvalue weighted by molar-refractivity contribution is -0.189. The second kappa shape index (κ2) is 6.22. The molecule has 2 nitrogen and oxygen atoms in total. The Balaban J connectivity index is 1.91. The maximum Gasteiger partial charge on any atom is 0.393 e. The van der Waals surface area contributed by atoms with E-state index in [0.717, 1.165) is 19.3 Å². The van der Waals surface area contributed by atoms with Crippen molar-refractivity contribution in [2.75, 3.05) is 6.54 Å². The van der Waals surface area contributed by atoms with Crippen molar-refractivity contribution in [3.05, 3.63) is 0 Å². The molecule has 0 aromatic rings. The van der Waals surface area contributed by atoms with Crippen molar-refractivity contribution in [2.45, 2.75) is 76.1 Å². The van der Waals surface area contributed by atoms with E-state index in [1.165, 1.54) is 0 Å². The zero-order valence-electron chi connectivity index (χ0n) is 12.2. The van der Waals surface area contributed by atoms with E-state index >= 15 is 0 Å². The Kier molecular flexibility index (Phi) is 5.00. The van der Waals surface area contributed by atoms with Crippen LogP contribution in [-0.4, -0.2) is 29.5 Å². The smallest absolute Gasteiger partial charge is 0.389 e. The zero-order chi connectivity index (χ0) is 14.8. The van der Waals surface area contributed by atoms with Crippen LogP contribution in [0.15, 0.2) is 0 Å². The summed E-state index contributed by atoms with van der Waals surface area (Å²) in [5.74, 6) is -0.791. The Morgan fingerprint density at radius 1 is 1.15 bits per heavy atom. The van der Waals surface area contributed by atoms with Crippen LogP contribution < -0.4 is 5.32 Å². The Bertz CT molecular complexity index is 321. The molecule has 0 radical (unpaired) electrons. The van der Waals surface area contributed by atoms with Crippen molar-refractivity contribution in [3.8, 4) is 0 Å². The first-order valence-electron chi connectivity index (χ1n) is 7.83. The SMILES string of the molecule is CC1CCCC(O)(CNC2CCCCC2C(F)(F)F)C1. The fourth-order valence-corrected chi connectivity index (χ4v) is 3.88. The van der Waals surface area contributed by atoms with Crippen LogP contribution in [0.1, 0.15) is 58.3 Å². The van der Waals surface area contributed by atoms with E-state index in [9.17, 15) is 18.3 Å². The summed E-state index contributed by atoms with van der Waals surface area (Å²) in [4.78, 5) is 0. The van der Waals surface area contributed by atoms with E-state index < -0.39 is 23.7 Å². The predicted molar refractivity (Wildman–Crippen MR) is 72.4 cm³/mol. The molecule has 0 bridgehead atoms. The molecule has 5 heteroatoms. The highest BCUT2D eigenvalue weighted by Crippen LogP contribution is 2.38. The molecule has 118 valence electrons. The Morgan fingerprint density at radius 3 is 2.50 bits per heavy atom. The average molecular weight is 293 g/mol. The minimum absolute atomic E-state index is 0.218. The first kappa shape index (κ1) is 16.1. The Labute approximate surface area is 119 Å². The molecule has 20 heavy (non-hydrogen) atoms. The number of aliphatic hydroxyl groups is 1. The monoisotopic (exact) mass is 293 g/mol. The number of alkyl halides is 3. The summed E-state index contributed by atoms with van der Waals surface area (Å²) >= 11 is 0. The van der Waals surface area contributed by atoms with Gasteiger partial charge in [-0.3, -0.25) is 0 Å². The molecule has 2 aliphatic rings. The van der Waals surface area contributed by atoms with E-state index in [4.69, 9.17) is 0 Å². The lowest BCUT2D eigenvalue weighted by Gasteiger charge is -2.39. The Morgan fingerprint density at radius 2 is 1.85 bits per heavy atom. The van der Waals surface area contributed by atoms with Gasteiger partial charge in [-0.2, -0.15) is 13.2 Å². The molecule has 0 saturated heterocycles. The molecule has 0 aromatic heterocycles. The number of hydrogen-bond acceptors (Lipinski definition) is 2. The van der Waals surface area contributed by atoms with Gasteiger partial charge in [-0.1, -0.05) is 32.6 Å². The van der Waals surface area contributed by atoms with Gasteiger partial charge in [0.25, 0.3) is 0 Å². The van der Waals surface area contributed by atoms with E-state index in [2.05, 4.69) is 12.2 Å². The minimum Gasteiger partial charge on any atom is -0.389 e.